The third-order valence-corrected chi connectivity index (χ3v) is 8.11. The van der Waals surface area contributed by atoms with E-state index in [0.29, 0.717) is 30.0 Å². The molecule has 1 saturated carbocycles. The number of ether oxygens (including phenoxy) is 1. The molecule has 1 aliphatic carbocycles. The fourth-order valence-electron chi connectivity index (χ4n) is 4.97. The Hall–Kier alpha value is -6.04. The Morgan fingerprint density at radius 3 is 2.13 bits per heavy atom. The first-order valence-electron chi connectivity index (χ1n) is 16.1. The highest BCUT2D eigenvalue weighted by molar-refractivity contribution is 6.35. The van der Waals surface area contributed by atoms with Gasteiger partial charge in [0, 0.05) is 41.8 Å². The van der Waals surface area contributed by atoms with Gasteiger partial charge in [-0.05, 0) is 85.3 Å². The number of nitrogens with zero attached hydrogens (tertiary/aromatic N) is 4. The van der Waals surface area contributed by atoms with Gasteiger partial charge in [0.25, 0.3) is 5.91 Å². The first-order chi connectivity index (χ1) is 25.3. The lowest BCUT2D eigenvalue weighted by atomic mass is 10.1. The molecule has 2 aromatic carbocycles. The zero-order valence-electron chi connectivity index (χ0n) is 27.7. The Bertz CT molecular complexity index is 1920. The third-order valence-electron chi connectivity index (χ3n) is 7.86. The van der Waals surface area contributed by atoms with Crippen molar-refractivity contribution in [3.05, 3.63) is 94.8 Å². The van der Waals surface area contributed by atoms with Gasteiger partial charge in [0.15, 0.2) is 6.61 Å². The van der Waals surface area contributed by atoms with Gasteiger partial charge in [-0.1, -0.05) is 23.7 Å². The highest BCUT2D eigenvalue weighted by Crippen LogP contribution is 2.48. The number of carbonyl (C=O) groups is 4. The van der Waals surface area contributed by atoms with Gasteiger partial charge in [-0.15, -0.1) is 0 Å². The van der Waals surface area contributed by atoms with E-state index in [1.807, 2.05) is 12.1 Å². The lowest BCUT2D eigenvalue weighted by molar-refractivity contribution is -0.154. The molecule has 15 nitrogen and oxygen atoms in total. The molecule has 2 heterocycles. The van der Waals surface area contributed by atoms with E-state index in [9.17, 15) is 37.5 Å². The van der Waals surface area contributed by atoms with E-state index in [2.05, 4.69) is 46.5 Å². The maximum Gasteiger partial charge on any atom is 0.422 e. The molecule has 0 saturated heterocycles. The Morgan fingerprint density at radius 1 is 0.868 bits per heavy atom. The predicted molar refractivity (Wildman–Crippen MR) is 185 cm³/mol. The number of hydrogen-bond acceptors (Lipinski definition) is 11. The molecule has 5 rings (SSSR count). The summed E-state index contributed by atoms with van der Waals surface area (Å²) < 4.78 is 43.6. The molecule has 0 unspecified atom stereocenters. The number of hydrogen-bond donors (Lipinski definition) is 6. The van der Waals surface area contributed by atoms with Crippen molar-refractivity contribution in [2.24, 2.45) is 0 Å². The highest BCUT2D eigenvalue weighted by Gasteiger charge is 2.45. The number of aliphatic carboxylic acids is 1. The second-order valence-corrected chi connectivity index (χ2v) is 12.3. The minimum atomic E-state index is -4.64. The molecule has 3 amide bonds. The topological polar surface area (TPSA) is 209 Å². The zero-order valence-corrected chi connectivity index (χ0v) is 28.5. The number of carboxylic acids is 1. The van der Waals surface area contributed by atoms with E-state index in [4.69, 9.17) is 16.3 Å². The van der Waals surface area contributed by atoms with Gasteiger partial charge in [0.1, 0.15) is 6.04 Å². The summed E-state index contributed by atoms with van der Waals surface area (Å²) in [7, 11) is 0. The summed E-state index contributed by atoms with van der Waals surface area (Å²) in [5.74, 6) is -4.13. The molecule has 0 radical (unpaired) electrons. The van der Waals surface area contributed by atoms with Crippen LogP contribution in [0.5, 0.6) is 6.01 Å². The van der Waals surface area contributed by atoms with Crippen molar-refractivity contribution < 1.29 is 42.2 Å². The Labute approximate surface area is 305 Å². The number of carbonyl (C=O) groups excluding carboxylic acids is 3. The second kappa shape index (κ2) is 17.0. The van der Waals surface area contributed by atoms with Crippen LogP contribution in [-0.2, 0) is 26.3 Å². The molecule has 1 fully saturated rings. The van der Waals surface area contributed by atoms with Crippen LogP contribution < -0.4 is 31.3 Å². The van der Waals surface area contributed by atoms with Crippen LogP contribution in [-0.4, -0.2) is 80.6 Å². The Balaban J connectivity index is 1.16. The van der Waals surface area contributed by atoms with Gasteiger partial charge >= 0.3 is 30.0 Å². The van der Waals surface area contributed by atoms with Crippen LogP contribution in [0, 0.1) is 0 Å². The first-order valence-corrected chi connectivity index (χ1v) is 16.5. The minimum Gasteiger partial charge on any atom is -0.480 e. The predicted octanol–water partition coefficient (Wildman–Crippen LogP) is 3.75. The molecular formula is C34H33ClF3N9O6. The molecular weight excluding hydrogens is 723 g/mol. The second-order valence-electron chi connectivity index (χ2n) is 11.9. The van der Waals surface area contributed by atoms with Crippen LogP contribution >= 0.6 is 11.6 Å². The van der Waals surface area contributed by atoms with Gasteiger partial charge in [-0.3, -0.25) is 19.4 Å². The Morgan fingerprint density at radius 2 is 1.51 bits per heavy atom. The molecule has 4 aromatic rings. The lowest BCUT2D eigenvalue weighted by Gasteiger charge is -2.19. The smallest absolute Gasteiger partial charge is 0.422 e. The van der Waals surface area contributed by atoms with Crippen LogP contribution in [0.1, 0.15) is 40.7 Å². The van der Waals surface area contributed by atoms with Gasteiger partial charge in [0.2, 0.25) is 11.9 Å². The summed E-state index contributed by atoms with van der Waals surface area (Å²) in [5.41, 5.74) is 1.64. The zero-order chi connectivity index (χ0) is 38.0. The van der Waals surface area contributed by atoms with Gasteiger partial charge in [0.05, 0.1) is 5.54 Å². The molecule has 0 spiro atoms. The van der Waals surface area contributed by atoms with Crippen molar-refractivity contribution in [3.8, 4) is 6.01 Å². The number of halogens is 4. The number of rotatable bonds is 16. The van der Waals surface area contributed by atoms with E-state index >= 15 is 0 Å². The number of anilines is 3. The van der Waals surface area contributed by atoms with Crippen molar-refractivity contribution in [3.63, 3.8) is 0 Å². The third kappa shape index (κ3) is 11.5. The standard InChI is InChI=1S/C34H33ClF3N9O6/c35-23-5-3-22(4-6-23)33(13-14-33)47-31-44-30(45-32(46-31)53-19-34(36,37)38)42-24-7-1-21(2-8-24)26(48)43-25(29(51)52)12-18-41-28(50)27(49)40-17-11-20-9-15-39-16-10-20/h1-10,15-16,25H,11-14,17-19H2,(H,40,49)(H,41,50)(H,43,48)(H,51,52)(H2,42,44,45,46,47)/t25-/m0/s1. The summed E-state index contributed by atoms with van der Waals surface area (Å²) in [6.07, 6.45) is 0.239. The molecule has 1 atom stereocenters. The monoisotopic (exact) mass is 755 g/mol. The number of alkyl halides is 3. The van der Waals surface area contributed by atoms with Crippen LogP contribution in [0.3, 0.4) is 0 Å². The van der Waals surface area contributed by atoms with Crippen molar-refractivity contribution in [2.45, 2.75) is 43.4 Å². The average molecular weight is 756 g/mol. The van der Waals surface area contributed by atoms with Crippen LogP contribution in [0.15, 0.2) is 73.1 Å². The maximum atomic E-state index is 12.9. The largest absolute Gasteiger partial charge is 0.480 e. The summed E-state index contributed by atoms with van der Waals surface area (Å²) >= 11 is 6.01. The molecule has 19 heteroatoms. The number of amides is 3. The van der Waals surface area contributed by atoms with Crippen LogP contribution in [0.25, 0.3) is 0 Å². The van der Waals surface area contributed by atoms with Crippen LogP contribution in [0.4, 0.5) is 30.8 Å². The molecule has 0 bridgehead atoms. The first kappa shape index (κ1) is 38.2. The van der Waals surface area contributed by atoms with Crippen LogP contribution in [0.2, 0.25) is 5.02 Å². The van der Waals surface area contributed by atoms with Crippen molar-refractivity contribution in [1.29, 1.82) is 0 Å². The quantitative estimate of drug-likeness (QED) is 0.0904. The maximum absolute atomic E-state index is 12.9. The van der Waals surface area contributed by atoms with E-state index in [1.54, 1.807) is 36.7 Å². The number of benzene rings is 2. The van der Waals surface area contributed by atoms with E-state index in [-0.39, 0.29) is 37.0 Å². The van der Waals surface area contributed by atoms with Gasteiger partial charge < -0.3 is 36.4 Å². The number of carboxylic acid groups (broad SMARTS) is 1. The summed E-state index contributed by atoms with van der Waals surface area (Å²) in [6.45, 7) is -1.64. The molecule has 278 valence electrons. The fourth-order valence-corrected chi connectivity index (χ4v) is 5.09. The molecule has 53 heavy (non-hydrogen) atoms. The van der Waals surface area contributed by atoms with Crippen molar-refractivity contribution >= 4 is 52.9 Å². The van der Waals surface area contributed by atoms with E-state index < -0.39 is 54.1 Å². The van der Waals surface area contributed by atoms with Gasteiger partial charge in [-0.25, -0.2) is 4.79 Å². The fraction of sp³-hybridized carbons (Fsp3) is 0.294. The Kier molecular flexibility index (Phi) is 12.2. The molecule has 0 aliphatic heterocycles. The normalized spacial score (nSPS) is 13.6. The summed E-state index contributed by atoms with van der Waals surface area (Å²) in [4.78, 5) is 65.1. The minimum absolute atomic E-state index is 0.0410. The number of pyridine rings is 1. The van der Waals surface area contributed by atoms with Crippen molar-refractivity contribution in [1.82, 2.24) is 35.9 Å². The van der Waals surface area contributed by atoms with Crippen molar-refractivity contribution in [2.75, 3.05) is 30.3 Å². The highest BCUT2D eigenvalue weighted by atomic mass is 35.5. The van der Waals surface area contributed by atoms with Gasteiger partial charge in [-0.2, -0.15) is 28.1 Å². The molecule has 1 aliphatic rings. The number of aromatic nitrogens is 4. The lowest BCUT2D eigenvalue weighted by Crippen LogP contribution is -2.45. The molecule has 6 N–H and O–H groups in total. The summed E-state index contributed by atoms with van der Waals surface area (Å²) in [6, 6.07) is 14.3. The summed E-state index contributed by atoms with van der Waals surface area (Å²) in [5, 5.41) is 23.4. The van der Waals surface area contributed by atoms with E-state index in [1.165, 1.54) is 24.3 Å². The molecule has 2 aromatic heterocycles. The average Bonchev–Trinajstić information content (AvgIpc) is 3.91. The SMILES string of the molecule is O=C(NCCc1ccncc1)C(=O)NCC[C@H](NC(=O)c1ccc(Nc2nc(NC3(c4ccc(Cl)cc4)CC3)nc(OCC(F)(F)F)n2)cc1)C(=O)O. The van der Waals surface area contributed by atoms with E-state index in [0.717, 1.165) is 11.1 Å². The number of nitrogens with one attached hydrogen (secondary N) is 5.